The van der Waals surface area contributed by atoms with Crippen LogP contribution in [0.25, 0.3) is 0 Å². The van der Waals surface area contributed by atoms with Gasteiger partial charge in [0.1, 0.15) is 0 Å². The van der Waals surface area contributed by atoms with Crippen molar-refractivity contribution >= 4 is 5.97 Å². The molecule has 1 aliphatic rings. The van der Waals surface area contributed by atoms with Crippen molar-refractivity contribution in [1.29, 1.82) is 0 Å². The molecule has 0 aromatic rings. The quantitative estimate of drug-likeness (QED) is 0.550. The van der Waals surface area contributed by atoms with Crippen LogP contribution in [-0.2, 0) is 9.53 Å². The lowest BCUT2D eigenvalue weighted by atomic mass is 9.76. The Morgan fingerprint density at radius 3 is 2.65 bits per heavy atom. The molecule has 0 amide bonds. The Morgan fingerprint density at radius 1 is 1.35 bits per heavy atom. The number of unbranched alkanes of at least 4 members (excludes halogenated alkanes) is 3. The number of carbonyl (C=O) groups is 1. The van der Waals surface area contributed by atoms with Gasteiger partial charge in [0.25, 0.3) is 0 Å². The molecule has 1 heterocycles. The van der Waals surface area contributed by atoms with E-state index in [0.717, 1.165) is 32.4 Å². The molecule has 0 saturated carbocycles. The molecule has 1 aliphatic heterocycles. The Kier molecular flexibility index (Phi) is 5.96. The van der Waals surface area contributed by atoms with Gasteiger partial charge < -0.3 is 10.1 Å². The van der Waals surface area contributed by atoms with E-state index in [9.17, 15) is 4.79 Å². The van der Waals surface area contributed by atoms with Crippen molar-refractivity contribution in [3.05, 3.63) is 0 Å². The molecule has 1 N–H and O–H groups in total. The first-order valence-electron chi connectivity index (χ1n) is 7.01. The van der Waals surface area contributed by atoms with E-state index < -0.39 is 0 Å². The summed E-state index contributed by atoms with van der Waals surface area (Å²) < 4.78 is 5.46. The summed E-state index contributed by atoms with van der Waals surface area (Å²) >= 11 is 0. The molecule has 0 radical (unpaired) electrons. The van der Waals surface area contributed by atoms with Gasteiger partial charge in [-0.2, -0.15) is 0 Å². The van der Waals surface area contributed by atoms with Crippen LogP contribution in [0.1, 0.15) is 52.9 Å². The largest absolute Gasteiger partial charge is 0.465 e. The Morgan fingerprint density at radius 2 is 2.12 bits per heavy atom. The molecular weight excluding hydrogens is 214 g/mol. The Bertz CT molecular complexity index is 232. The minimum atomic E-state index is -0.273. The summed E-state index contributed by atoms with van der Waals surface area (Å²) in [5.74, 6) is 0.356. The van der Waals surface area contributed by atoms with E-state index in [1.54, 1.807) is 0 Å². The van der Waals surface area contributed by atoms with Gasteiger partial charge in [-0.1, -0.05) is 40.0 Å². The van der Waals surface area contributed by atoms with Gasteiger partial charge in [0.05, 0.1) is 12.0 Å². The van der Waals surface area contributed by atoms with Crippen LogP contribution in [0.5, 0.6) is 0 Å². The Labute approximate surface area is 105 Å². The molecule has 3 nitrogen and oxygen atoms in total. The van der Waals surface area contributed by atoms with Crippen LogP contribution in [0.3, 0.4) is 0 Å². The smallest absolute Gasteiger partial charge is 0.313 e. The zero-order valence-corrected chi connectivity index (χ0v) is 11.6. The molecule has 0 bridgehead atoms. The van der Waals surface area contributed by atoms with Gasteiger partial charge >= 0.3 is 5.97 Å². The van der Waals surface area contributed by atoms with E-state index in [1.807, 2.05) is 0 Å². The number of rotatable bonds is 7. The molecule has 1 rings (SSSR count). The first-order chi connectivity index (χ1) is 8.13. The van der Waals surface area contributed by atoms with Gasteiger partial charge in [0.2, 0.25) is 0 Å². The van der Waals surface area contributed by atoms with E-state index in [-0.39, 0.29) is 11.4 Å². The van der Waals surface area contributed by atoms with Gasteiger partial charge in [0.15, 0.2) is 0 Å². The van der Waals surface area contributed by atoms with Crippen molar-refractivity contribution in [3.8, 4) is 0 Å². The molecule has 1 unspecified atom stereocenters. The highest BCUT2D eigenvalue weighted by Gasteiger charge is 2.45. The van der Waals surface area contributed by atoms with Crippen LogP contribution < -0.4 is 5.32 Å². The second-order valence-corrected chi connectivity index (χ2v) is 5.43. The maximum Gasteiger partial charge on any atom is 0.313 e. The van der Waals surface area contributed by atoms with E-state index in [1.165, 1.54) is 12.8 Å². The Balaban J connectivity index is 2.34. The molecule has 1 atom stereocenters. The summed E-state index contributed by atoms with van der Waals surface area (Å²) in [6.07, 6.45) is 5.53. The van der Waals surface area contributed by atoms with Gasteiger partial charge in [0, 0.05) is 6.54 Å². The Hall–Kier alpha value is -0.570. The lowest BCUT2D eigenvalue weighted by Crippen LogP contribution is -2.40. The van der Waals surface area contributed by atoms with E-state index in [4.69, 9.17) is 4.74 Å². The molecule has 0 aromatic heterocycles. The molecule has 3 heteroatoms. The maximum atomic E-state index is 12.2. The second-order valence-electron chi connectivity index (χ2n) is 5.43. The highest BCUT2D eigenvalue weighted by Crippen LogP contribution is 2.35. The van der Waals surface area contributed by atoms with Crippen LogP contribution >= 0.6 is 0 Å². The maximum absolute atomic E-state index is 12.2. The number of carbonyl (C=O) groups excluding carboxylic acids is 1. The second kappa shape index (κ2) is 7.00. The number of esters is 1. The summed E-state index contributed by atoms with van der Waals surface area (Å²) in [5, 5.41) is 3.29. The highest BCUT2D eigenvalue weighted by atomic mass is 16.5. The summed E-state index contributed by atoms with van der Waals surface area (Å²) in [6.45, 7) is 8.72. The predicted octanol–water partition coefficient (Wildman–Crippen LogP) is 2.75. The third-order valence-electron chi connectivity index (χ3n) is 3.93. The summed E-state index contributed by atoms with van der Waals surface area (Å²) in [7, 11) is 0. The van der Waals surface area contributed by atoms with Gasteiger partial charge in [-0.15, -0.1) is 0 Å². The number of nitrogens with one attached hydrogen (secondary N) is 1. The van der Waals surface area contributed by atoms with Crippen LogP contribution in [-0.4, -0.2) is 25.7 Å². The number of hydrogen-bond donors (Lipinski definition) is 1. The molecule has 0 spiro atoms. The van der Waals surface area contributed by atoms with Crippen molar-refractivity contribution in [1.82, 2.24) is 5.32 Å². The zero-order chi connectivity index (χ0) is 12.7. The summed E-state index contributed by atoms with van der Waals surface area (Å²) in [6, 6.07) is 0. The molecular formula is C14H27NO2. The summed E-state index contributed by atoms with van der Waals surface area (Å²) in [4.78, 5) is 12.2. The molecule has 0 aliphatic carbocycles. The van der Waals surface area contributed by atoms with Crippen molar-refractivity contribution in [2.75, 3.05) is 19.7 Å². The summed E-state index contributed by atoms with van der Waals surface area (Å²) in [5.41, 5.74) is -0.273. The molecule has 17 heavy (non-hydrogen) atoms. The van der Waals surface area contributed by atoms with Crippen LogP contribution in [0, 0.1) is 11.3 Å². The van der Waals surface area contributed by atoms with E-state index >= 15 is 0 Å². The minimum absolute atomic E-state index is 0.00833. The molecule has 100 valence electrons. The van der Waals surface area contributed by atoms with Crippen molar-refractivity contribution < 1.29 is 9.53 Å². The van der Waals surface area contributed by atoms with Crippen molar-refractivity contribution in [2.45, 2.75) is 52.9 Å². The average Bonchev–Trinajstić information content (AvgIpc) is 2.79. The average molecular weight is 241 g/mol. The number of hydrogen-bond acceptors (Lipinski definition) is 3. The van der Waals surface area contributed by atoms with Crippen LogP contribution in [0.2, 0.25) is 0 Å². The van der Waals surface area contributed by atoms with E-state index in [0.29, 0.717) is 12.5 Å². The highest BCUT2D eigenvalue weighted by molar-refractivity contribution is 5.78. The molecule has 0 aromatic carbocycles. The lowest BCUT2D eigenvalue weighted by Gasteiger charge is -2.29. The monoisotopic (exact) mass is 241 g/mol. The van der Waals surface area contributed by atoms with Crippen molar-refractivity contribution in [3.63, 3.8) is 0 Å². The molecule has 1 fully saturated rings. The van der Waals surface area contributed by atoms with Crippen molar-refractivity contribution in [2.24, 2.45) is 11.3 Å². The predicted molar refractivity (Wildman–Crippen MR) is 69.9 cm³/mol. The van der Waals surface area contributed by atoms with Gasteiger partial charge in [-0.05, 0) is 25.3 Å². The standard InChI is InChI=1S/C14H27NO2/c1-4-5-6-7-10-17-13(16)14(12(2)3)8-9-15-11-14/h12,15H,4-11H2,1-3H3. The minimum Gasteiger partial charge on any atom is -0.465 e. The fourth-order valence-corrected chi connectivity index (χ4v) is 2.45. The SMILES string of the molecule is CCCCCCOC(=O)C1(C(C)C)CCNC1. The number of ether oxygens (including phenoxy) is 1. The molecule has 1 saturated heterocycles. The fourth-order valence-electron chi connectivity index (χ4n) is 2.45. The van der Waals surface area contributed by atoms with E-state index in [2.05, 4.69) is 26.1 Å². The topological polar surface area (TPSA) is 38.3 Å². The zero-order valence-electron chi connectivity index (χ0n) is 11.6. The van der Waals surface area contributed by atoms with Gasteiger partial charge in [-0.25, -0.2) is 0 Å². The van der Waals surface area contributed by atoms with Crippen LogP contribution in [0.15, 0.2) is 0 Å². The first-order valence-corrected chi connectivity index (χ1v) is 7.01. The first kappa shape index (κ1) is 14.5. The third kappa shape index (κ3) is 3.70. The lowest BCUT2D eigenvalue weighted by molar-refractivity contribution is -0.157. The fraction of sp³-hybridized carbons (Fsp3) is 0.929. The third-order valence-corrected chi connectivity index (χ3v) is 3.93. The normalized spacial score (nSPS) is 24.2. The van der Waals surface area contributed by atoms with Crippen LogP contribution in [0.4, 0.5) is 0 Å². The van der Waals surface area contributed by atoms with Gasteiger partial charge in [-0.3, -0.25) is 4.79 Å².